The molecule has 0 aliphatic carbocycles. The van der Waals surface area contributed by atoms with E-state index in [2.05, 4.69) is 15.9 Å². The first kappa shape index (κ1) is 10.7. The number of hydrogen-bond acceptors (Lipinski definition) is 1. The van der Waals surface area contributed by atoms with Gasteiger partial charge in [-0.15, -0.1) is 0 Å². The van der Waals surface area contributed by atoms with Crippen LogP contribution in [0.1, 0.15) is 5.56 Å². The highest BCUT2D eigenvalue weighted by atomic mass is 79.9. The van der Waals surface area contributed by atoms with Crippen LogP contribution in [0.4, 0.5) is 4.39 Å². The number of rotatable bonds is 2. The molecule has 2 N–H and O–H groups in total. The Bertz CT molecular complexity index is 315. The smallest absolute Gasteiger partial charge is 0.133 e. The molecule has 0 saturated carbocycles. The van der Waals surface area contributed by atoms with Crippen LogP contribution < -0.4 is 5.73 Å². The Balaban J connectivity index is 3.13. The van der Waals surface area contributed by atoms with Crippen molar-refractivity contribution in [3.63, 3.8) is 0 Å². The Morgan fingerprint density at radius 3 is 2.77 bits per heavy atom. The van der Waals surface area contributed by atoms with E-state index in [0.29, 0.717) is 21.6 Å². The second kappa shape index (κ2) is 4.74. The molecule has 0 aliphatic heterocycles. The van der Waals surface area contributed by atoms with Crippen LogP contribution in [0.15, 0.2) is 22.7 Å². The van der Waals surface area contributed by atoms with Crippen LogP contribution in [0.25, 0.3) is 6.08 Å². The lowest BCUT2D eigenvalue weighted by molar-refractivity contribution is 0.624. The van der Waals surface area contributed by atoms with E-state index in [1.165, 1.54) is 6.07 Å². The zero-order valence-electron chi connectivity index (χ0n) is 6.73. The molecule has 0 unspecified atom stereocenters. The molecule has 0 radical (unpaired) electrons. The van der Waals surface area contributed by atoms with Gasteiger partial charge in [0.15, 0.2) is 0 Å². The summed E-state index contributed by atoms with van der Waals surface area (Å²) in [5.74, 6) is -0.357. The van der Waals surface area contributed by atoms with E-state index in [4.69, 9.17) is 17.3 Å². The highest BCUT2D eigenvalue weighted by Gasteiger charge is 2.04. The highest BCUT2D eigenvalue weighted by molar-refractivity contribution is 9.10. The van der Waals surface area contributed by atoms with Crippen molar-refractivity contribution in [2.45, 2.75) is 0 Å². The van der Waals surface area contributed by atoms with E-state index in [-0.39, 0.29) is 5.82 Å². The maximum Gasteiger partial charge on any atom is 0.133 e. The van der Waals surface area contributed by atoms with Gasteiger partial charge in [-0.1, -0.05) is 39.7 Å². The van der Waals surface area contributed by atoms with E-state index >= 15 is 0 Å². The molecule has 0 spiro atoms. The molecule has 0 heterocycles. The summed E-state index contributed by atoms with van der Waals surface area (Å²) in [5.41, 5.74) is 5.72. The van der Waals surface area contributed by atoms with Crippen LogP contribution in [-0.2, 0) is 0 Å². The van der Waals surface area contributed by atoms with Crippen LogP contribution >= 0.6 is 27.5 Å². The normalized spacial score (nSPS) is 11.1. The minimum atomic E-state index is -0.357. The van der Waals surface area contributed by atoms with Crippen molar-refractivity contribution in [3.8, 4) is 0 Å². The topological polar surface area (TPSA) is 26.0 Å². The average molecular weight is 265 g/mol. The molecule has 0 bridgehead atoms. The number of nitrogens with two attached hydrogens (primary N) is 1. The summed E-state index contributed by atoms with van der Waals surface area (Å²) in [6.07, 6.45) is 3.30. The van der Waals surface area contributed by atoms with Gasteiger partial charge in [-0.3, -0.25) is 0 Å². The molecule has 0 atom stereocenters. The maximum absolute atomic E-state index is 13.2. The van der Waals surface area contributed by atoms with Crippen LogP contribution in [0.3, 0.4) is 0 Å². The third-order valence-corrected chi connectivity index (χ3v) is 2.34. The molecule has 0 aromatic heterocycles. The molecule has 70 valence electrons. The van der Waals surface area contributed by atoms with Crippen LogP contribution in [0.5, 0.6) is 0 Å². The summed E-state index contributed by atoms with van der Waals surface area (Å²) in [7, 11) is 0. The number of hydrogen-bond donors (Lipinski definition) is 1. The standard InChI is InChI=1S/C9H8BrClFN/c10-8-4-6(11)5-9(12)7(8)2-1-3-13/h1-2,4-5H,3,13H2. The minimum absolute atomic E-state index is 0.357. The molecule has 0 fully saturated rings. The first-order chi connectivity index (χ1) is 6.15. The highest BCUT2D eigenvalue weighted by Crippen LogP contribution is 2.25. The summed E-state index contributed by atoms with van der Waals surface area (Å²) in [6, 6.07) is 2.91. The van der Waals surface area contributed by atoms with E-state index in [1.54, 1.807) is 18.2 Å². The van der Waals surface area contributed by atoms with Crippen molar-refractivity contribution in [1.82, 2.24) is 0 Å². The zero-order valence-corrected chi connectivity index (χ0v) is 9.07. The lowest BCUT2D eigenvalue weighted by atomic mass is 10.2. The average Bonchev–Trinajstić information content (AvgIpc) is 2.02. The maximum atomic E-state index is 13.2. The summed E-state index contributed by atoms with van der Waals surface area (Å²) in [4.78, 5) is 0. The molecule has 1 aromatic rings. The van der Waals surface area contributed by atoms with Crippen molar-refractivity contribution in [2.75, 3.05) is 6.54 Å². The largest absolute Gasteiger partial charge is 0.327 e. The Hall–Kier alpha value is -0.380. The quantitative estimate of drug-likeness (QED) is 0.872. The second-order valence-corrected chi connectivity index (χ2v) is 3.71. The summed E-state index contributed by atoms with van der Waals surface area (Å²) in [5, 5.41) is 0.370. The predicted molar refractivity (Wildman–Crippen MR) is 57.2 cm³/mol. The van der Waals surface area contributed by atoms with Gasteiger partial charge in [0.25, 0.3) is 0 Å². The van der Waals surface area contributed by atoms with E-state index in [9.17, 15) is 4.39 Å². The molecule has 0 aliphatic rings. The molecule has 1 nitrogen and oxygen atoms in total. The van der Waals surface area contributed by atoms with Gasteiger partial charge in [0.2, 0.25) is 0 Å². The van der Waals surface area contributed by atoms with E-state index in [0.717, 1.165) is 0 Å². The number of benzene rings is 1. The van der Waals surface area contributed by atoms with Gasteiger partial charge in [0, 0.05) is 21.6 Å². The van der Waals surface area contributed by atoms with E-state index in [1.807, 2.05) is 0 Å². The molecule has 13 heavy (non-hydrogen) atoms. The van der Waals surface area contributed by atoms with Crippen molar-refractivity contribution in [3.05, 3.63) is 39.1 Å². The second-order valence-electron chi connectivity index (χ2n) is 2.42. The molecule has 1 aromatic carbocycles. The predicted octanol–water partition coefficient (Wildman–Crippen LogP) is 3.21. The third-order valence-electron chi connectivity index (χ3n) is 1.46. The fourth-order valence-corrected chi connectivity index (χ4v) is 1.80. The van der Waals surface area contributed by atoms with Gasteiger partial charge >= 0.3 is 0 Å². The van der Waals surface area contributed by atoms with Gasteiger partial charge in [-0.05, 0) is 12.1 Å². The lowest BCUT2D eigenvalue weighted by Crippen LogP contribution is -1.93. The van der Waals surface area contributed by atoms with Gasteiger partial charge in [-0.25, -0.2) is 4.39 Å². The molecule has 0 amide bonds. The van der Waals surface area contributed by atoms with Crippen molar-refractivity contribution in [1.29, 1.82) is 0 Å². The van der Waals surface area contributed by atoms with Crippen LogP contribution in [-0.4, -0.2) is 6.54 Å². The van der Waals surface area contributed by atoms with E-state index < -0.39 is 0 Å². The lowest BCUT2D eigenvalue weighted by Gasteiger charge is -2.01. The van der Waals surface area contributed by atoms with Gasteiger partial charge in [0.05, 0.1) is 0 Å². The zero-order chi connectivity index (χ0) is 9.84. The minimum Gasteiger partial charge on any atom is -0.327 e. The summed E-state index contributed by atoms with van der Waals surface area (Å²) < 4.78 is 13.9. The SMILES string of the molecule is NCC=Cc1c(F)cc(Cl)cc1Br. The summed E-state index contributed by atoms with van der Waals surface area (Å²) in [6.45, 7) is 0.383. The Morgan fingerprint density at radius 1 is 1.54 bits per heavy atom. The first-order valence-electron chi connectivity index (χ1n) is 3.66. The third kappa shape index (κ3) is 2.79. The van der Waals surface area contributed by atoms with Gasteiger partial charge in [-0.2, -0.15) is 0 Å². The van der Waals surface area contributed by atoms with Crippen molar-refractivity contribution in [2.24, 2.45) is 5.73 Å². The van der Waals surface area contributed by atoms with Crippen molar-refractivity contribution >= 4 is 33.6 Å². The molecular formula is C9H8BrClFN. The summed E-state index contributed by atoms with van der Waals surface area (Å²) >= 11 is 8.85. The fraction of sp³-hybridized carbons (Fsp3) is 0.111. The monoisotopic (exact) mass is 263 g/mol. The molecule has 4 heteroatoms. The Morgan fingerprint density at radius 2 is 2.23 bits per heavy atom. The Kier molecular flexibility index (Phi) is 3.90. The van der Waals surface area contributed by atoms with Crippen molar-refractivity contribution < 1.29 is 4.39 Å². The fourth-order valence-electron chi connectivity index (χ4n) is 0.898. The molecular weight excluding hydrogens is 256 g/mol. The number of halogens is 3. The first-order valence-corrected chi connectivity index (χ1v) is 4.83. The van der Waals surface area contributed by atoms with Crippen LogP contribution in [0.2, 0.25) is 5.02 Å². The van der Waals surface area contributed by atoms with Gasteiger partial charge in [0.1, 0.15) is 5.82 Å². The van der Waals surface area contributed by atoms with Gasteiger partial charge < -0.3 is 5.73 Å². The van der Waals surface area contributed by atoms with Crippen LogP contribution in [0, 0.1) is 5.82 Å². The molecule has 0 saturated heterocycles. The Labute approximate surface area is 89.5 Å². The molecule has 1 rings (SSSR count).